The number of nitrogens with one attached hydrogen (secondary N) is 1. The molecular weight excluding hydrogens is 132 g/mol. The van der Waals surface area contributed by atoms with Crippen LogP contribution in [0.15, 0.2) is 5.10 Å². The fourth-order valence-electron chi connectivity index (χ4n) is 0.341. The summed E-state index contributed by atoms with van der Waals surface area (Å²) in [5, 5.41) is 13.0. The molecule has 1 unspecified atom stereocenters. The molecule has 1 atom stereocenters. The van der Waals surface area contributed by atoms with Crippen molar-refractivity contribution >= 4 is 6.72 Å². The van der Waals surface area contributed by atoms with Gasteiger partial charge >= 0.3 is 0 Å². The molecule has 0 spiro atoms. The summed E-state index contributed by atoms with van der Waals surface area (Å²) in [5.41, 5.74) is -0.418. The van der Waals surface area contributed by atoms with Crippen molar-refractivity contribution in [1.82, 2.24) is 0 Å². The summed E-state index contributed by atoms with van der Waals surface area (Å²) in [7, 11) is 0. The topological polar surface area (TPSA) is 49.1 Å². The lowest BCUT2D eigenvalue weighted by atomic mass is 10.1. The van der Waals surface area contributed by atoms with Crippen LogP contribution in [-0.2, 0) is 4.84 Å². The van der Waals surface area contributed by atoms with Gasteiger partial charge < -0.3 is 5.21 Å². The van der Waals surface area contributed by atoms with E-state index in [1.54, 1.807) is 0 Å². The van der Waals surface area contributed by atoms with Crippen molar-refractivity contribution in [2.45, 2.75) is 32.8 Å². The predicted molar refractivity (Wildman–Crippen MR) is 39.3 cm³/mol. The molecule has 4 heteroatoms. The molecule has 0 radical (unpaired) electrons. The summed E-state index contributed by atoms with van der Waals surface area (Å²) in [6.45, 7) is 8.65. The van der Waals surface area contributed by atoms with E-state index in [4.69, 9.17) is 4.84 Å². The van der Waals surface area contributed by atoms with Gasteiger partial charge in [-0.05, 0) is 20.3 Å². The highest BCUT2D eigenvalue weighted by Gasteiger charge is 2.20. The molecule has 10 heavy (non-hydrogen) atoms. The zero-order valence-corrected chi connectivity index (χ0v) is 6.68. The summed E-state index contributed by atoms with van der Waals surface area (Å²) < 4.78 is 0. The summed E-state index contributed by atoms with van der Waals surface area (Å²) >= 11 is 0. The first-order valence-electron chi connectivity index (χ1n) is 3.21. The van der Waals surface area contributed by atoms with Crippen LogP contribution in [0.1, 0.15) is 27.2 Å². The average molecular weight is 146 g/mol. The van der Waals surface area contributed by atoms with Gasteiger partial charge in [0.05, 0.1) is 6.72 Å². The molecule has 0 aromatic carbocycles. The van der Waals surface area contributed by atoms with Crippen LogP contribution in [0.4, 0.5) is 0 Å². The van der Waals surface area contributed by atoms with E-state index < -0.39 is 10.9 Å². The van der Waals surface area contributed by atoms with Gasteiger partial charge in [-0.3, -0.25) is 0 Å². The lowest BCUT2D eigenvalue weighted by molar-refractivity contribution is -1.07. The number of hydrogen-bond acceptors (Lipinski definition) is 3. The van der Waals surface area contributed by atoms with E-state index in [9.17, 15) is 5.21 Å². The lowest BCUT2D eigenvalue weighted by Crippen LogP contribution is -3.02. The minimum atomic E-state index is -0.605. The minimum Gasteiger partial charge on any atom is -0.572 e. The van der Waals surface area contributed by atoms with Crippen LogP contribution in [0.25, 0.3) is 0 Å². The molecule has 1 N–H and O–H groups in total. The Hall–Kier alpha value is -0.450. The Balaban J connectivity index is 3.75. The maximum Gasteiger partial charge on any atom is 0.125 e. The maximum absolute atomic E-state index is 10.5. The van der Waals surface area contributed by atoms with E-state index in [1.165, 1.54) is 0 Å². The molecule has 4 nitrogen and oxygen atoms in total. The third kappa shape index (κ3) is 3.55. The number of nitrogens with zero attached hydrogens (tertiary/aromatic N) is 1. The second-order valence-electron chi connectivity index (χ2n) is 2.64. The van der Waals surface area contributed by atoms with E-state index in [0.717, 1.165) is 6.42 Å². The Morgan fingerprint density at radius 2 is 2.20 bits per heavy atom. The first-order valence-corrected chi connectivity index (χ1v) is 3.21. The second kappa shape index (κ2) is 3.65. The van der Waals surface area contributed by atoms with Gasteiger partial charge in [0.15, 0.2) is 0 Å². The van der Waals surface area contributed by atoms with Gasteiger partial charge in [-0.2, -0.15) is 4.84 Å². The Bertz CT molecular complexity index is 114. The van der Waals surface area contributed by atoms with Gasteiger partial charge in [0, 0.05) is 0 Å². The zero-order chi connectivity index (χ0) is 8.20. The van der Waals surface area contributed by atoms with E-state index in [1.807, 2.05) is 20.8 Å². The van der Waals surface area contributed by atoms with Gasteiger partial charge in [-0.15, -0.1) is 0 Å². The van der Waals surface area contributed by atoms with Crippen molar-refractivity contribution in [3.63, 3.8) is 0 Å². The Morgan fingerprint density at radius 1 is 1.70 bits per heavy atom. The van der Waals surface area contributed by atoms with Gasteiger partial charge in [-0.1, -0.05) is 17.4 Å². The van der Waals surface area contributed by atoms with Crippen LogP contribution in [-0.4, -0.2) is 12.3 Å². The van der Waals surface area contributed by atoms with Crippen LogP contribution in [0.5, 0.6) is 0 Å². The van der Waals surface area contributed by atoms with E-state index >= 15 is 0 Å². The van der Waals surface area contributed by atoms with Crippen molar-refractivity contribution in [1.29, 1.82) is 0 Å². The highest BCUT2D eigenvalue weighted by atomic mass is 16.9. The molecule has 0 saturated carbocycles. The quantitative estimate of drug-likeness (QED) is 0.452. The maximum atomic E-state index is 10.5. The van der Waals surface area contributed by atoms with Crippen molar-refractivity contribution in [3.05, 3.63) is 5.21 Å². The smallest absolute Gasteiger partial charge is 0.125 e. The molecule has 60 valence electrons. The largest absolute Gasteiger partial charge is 0.572 e. The first kappa shape index (κ1) is 9.55. The van der Waals surface area contributed by atoms with Gasteiger partial charge in [0.25, 0.3) is 0 Å². The Labute approximate surface area is 61.0 Å². The molecule has 0 saturated heterocycles. The molecule has 0 amide bonds. The van der Waals surface area contributed by atoms with Gasteiger partial charge in [0.1, 0.15) is 5.60 Å². The molecule has 0 heterocycles. The van der Waals surface area contributed by atoms with Crippen LogP contribution in [0, 0.1) is 5.21 Å². The molecule has 0 aliphatic rings. The van der Waals surface area contributed by atoms with Gasteiger partial charge in [0.2, 0.25) is 0 Å². The normalized spacial score (nSPS) is 14.8. The van der Waals surface area contributed by atoms with Crippen LogP contribution in [0.2, 0.25) is 0 Å². The van der Waals surface area contributed by atoms with Crippen LogP contribution >= 0.6 is 0 Å². The molecule has 0 fully saturated rings. The average Bonchev–Trinajstić information content (AvgIpc) is 1.87. The third-order valence-electron chi connectivity index (χ3n) is 1.34. The predicted octanol–water partition coefficient (Wildman–Crippen LogP) is 0.105. The van der Waals surface area contributed by atoms with Crippen LogP contribution in [0.3, 0.4) is 0 Å². The molecule has 0 bridgehead atoms. The molecule has 0 aliphatic carbocycles. The summed E-state index contributed by atoms with van der Waals surface area (Å²) in [5.74, 6) is 0. The van der Waals surface area contributed by atoms with Crippen molar-refractivity contribution in [2.75, 3.05) is 0 Å². The van der Waals surface area contributed by atoms with E-state index in [0.29, 0.717) is 0 Å². The standard InChI is InChI=1S/C6H14N2O2/c1-5-6(2,3)10-8(9)7-4/h8H,4-5H2,1-3H3. The number of hydrogen-bond donors (Lipinski definition) is 1. The summed E-state index contributed by atoms with van der Waals surface area (Å²) in [6.07, 6.45) is 0.772. The Morgan fingerprint density at radius 3 is 2.50 bits per heavy atom. The minimum absolute atomic E-state index is 0.418. The fourth-order valence-corrected chi connectivity index (χ4v) is 0.341. The second-order valence-corrected chi connectivity index (χ2v) is 2.64. The van der Waals surface area contributed by atoms with Crippen molar-refractivity contribution in [2.24, 2.45) is 5.10 Å². The lowest BCUT2D eigenvalue weighted by Gasteiger charge is -2.24. The van der Waals surface area contributed by atoms with E-state index in [-0.39, 0.29) is 0 Å². The van der Waals surface area contributed by atoms with E-state index in [2.05, 4.69) is 11.8 Å². The molecule has 0 aromatic rings. The molecule has 0 rings (SSSR count). The molecule has 0 aromatic heterocycles. The number of quaternary nitrogens is 1. The Kier molecular flexibility index (Phi) is 3.49. The summed E-state index contributed by atoms with van der Waals surface area (Å²) in [4.78, 5) is 4.87. The summed E-state index contributed by atoms with van der Waals surface area (Å²) in [6, 6.07) is 0. The SMILES string of the molecule is C=N[NH+]([O-])OC(C)(C)CC. The highest BCUT2D eigenvalue weighted by molar-refractivity contribution is 5.20. The van der Waals surface area contributed by atoms with Gasteiger partial charge in [-0.25, -0.2) is 0 Å². The molecule has 0 aliphatic heterocycles. The van der Waals surface area contributed by atoms with Crippen molar-refractivity contribution < 1.29 is 10.2 Å². The monoisotopic (exact) mass is 146 g/mol. The fraction of sp³-hybridized carbons (Fsp3) is 0.833. The van der Waals surface area contributed by atoms with Crippen LogP contribution < -0.4 is 5.34 Å². The highest BCUT2D eigenvalue weighted by Crippen LogP contribution is 2.09. The molecular formula is C6H14N2O2. The number of rotatable bonds is 4. The van der Waals surface area contributed by atoms with Crippen molar-refractivity contribution in [3.8, 4) is 0 Å². The third-order valence-corrected chi connectivity index (χ3v) is 1.34. The first-order chi connectivity index (χ1) is 4.52. The zero-order valence-electron chi connectivity index (χ0n) is 6.68.